The monoisotopic (exact) mass is 622 g/mol. The molecule has 1 unspecified atom stereocenters. The molecule has 0 fully saturated rings. The number of nitrogens with zero attached hydrogens (tertiary/aromatic N) is 1. The van der Waals surface area contributed by atoms with E-state index in [1.54, 1.807) is 61.7 Å². The third-order valence-corrected chi connectivity index (χ3v) is 8.83. The molecule has 0 aliphatic heterocycles. The van der Waals surface area contributed by atoms with Crippen molar-refractivity contribution in [3.8, 4) is 5.75 Å². The predicted octanol–water partition coefficient (Wildman–Crippen LogP) is 7.22. The first-order chi connectivity index (χ1) is 21.4. The molecule has 5 aromatic rings. The van der Waals surface area contributed by atoms with E-state index < -0.39 is 11.8 Å². The van der Waals surface area contributed by atoms with E-state index in [0.717, 1.165) is 15.1 Å². The van der Waals surface area contributed by atoms with Gasteiger partial charge in [0, 0.05) is 21.7 Å². The Kier molecular flexibility index (Phi) is 10.1. The first kappa shape index (κ1) is 30.5. The van der Waals surface area contributed by atoms with E-state index in [2.05, 4.69) is 20.9 Å². The topological polar surface area (TPSA) is 109 Å². The molecule has 1 heterocycles. The first-order valence-corrected chi connectivity index (χ1v) is 15.6. The minimum atomic E-state index is -0.511. The number of nitrogens with one attached hydrogen (secondary N) is 3. The molecule has 4 aromatic carbocycles. The second kappa shape index (κ2) is 14.5. The molecular formula is C34H30N4O4S2. The van der Waals surface area contributed by atoms with Crippen LogP contribution in [-0.2, 0) is 9.59 Å². The number of hydrogen-bond acceptors (Lipinski definition) is 7. The molecule has 0 saturated carbocycles. The fourth-order valence-corrected chi connectivity index (χ4v) is 6.21. The third kappa shape index (κ3) is 7.71. The number of thioether (sulfide) groups is 1. The number of carbonyl (C=O) groups is 3. The summed E-state index contributed by atoms with van der Waals surface area (Å²) in [5.41, 5.74) is 2.45. The van der Waals surface area contributed by atoms with Crippen molar-refractivity contribution in [2.24, 2.45) is 0 Å². The number of para-hydroxylation sites is 2. The molecule has 222 valence electrons. The molecule has 3 N–H and O–H groups in total. The Morgan fingerprint density at radius 3 is 2.43 bits per heavy atom. The number of methoxy groups -OCH3 is 1. The summed E-state index contributed by atoms with van der Waals surface area (Å²) in [7, 11) is 1.54. The van der Waals surface area contributed by atoms with Gasteiger partial charge in [-0.25, -0.2) is 4.98 Å². The van der Waals surface area contributed by atoms with Gasteiger partial charge in [-0.3, -0.25) is 14.4 Å². The van der Waals surface area contributed by atoms with Gasteiger partial charge in [0.15, 0.2) is 5.13 Å². The van der Waals surface area contributed by atoms with E-state index in [9.17, 15) is 14.4 Å². The van der Waals surface area contributed by atoms with Gasteiger partial charge >= 0.3 is 0 Å². The number of rotatable bonds is 11. The first-order valence-electron chi connectivity index (χ1n) is 13.9. The van der Waals surface area contributed by atoms with Gasteiger partial charge in [-0.15, -0.1) is 11.8 Å². The van der Waals surface area contributed by atoms with Crippen LogP contribution >= 0.6 is 23.1 Å². The summed E-state index contributed by atoms with van der Waals surface area (Å²) in [5, 5.41) is 8.77. The number of ether oxygens (including phenoxy) is 1. The number of aromatic nitrogens is 1. The number of carbonyl (C=O) groups excluding carboxylic acids is 3. The number of fused-ring (bicyclic) bond motifs is 1. The van der Waals surface area contributed by atoms with Crippen LogP contribution in [0.15, 0.2) is 114 Å². The van der Waals surface area contributed by atoms with E-state index in [0.29, 0.717) is 34.1 Å². The van der Waals surface area contributed by atoms with Gasteiger partial charge < -0.3 is 20.7 Å². The van der Waals surface area contributed by atoms with Crippen molar-refractivity contribution in [1.82, 2.24) is 10.3 Å². The average molecular weight is 623 g/mol. The van der Waals surface area contributed by atoms with Gasteiger partial charge in [-0.2, -0.15) is 0 Å². The number of anilines is 2. The highest BCUT2D eigenvalue weighted by Crippen LogP contribution is 2.31. The van der Waals surface area contributed by atoms with Crippen molar-refractivity contribution in [1.29, 1.82) is 0 Å². The number of thiazole rings is 1. The molecule has 0 aliphatic carbocycles. The van der Waals surface area contributed by atoms with E-state index >= 15 is 0 Å². The average Bonchev–Trinajstić information content (AvgIpc) is 3.46. The predicted molar refractivity (Wildman–Crippen MR) is 178 cm³/mol. The summed E-state index contributed by atoms with van der Waals surface area (Å²) in [6.07, 6.45) is 2.17. The Hall–Kier alpha value is -4.93. The van der Waals surface area contributed by atoms with Crippen LogP contribution in [0.25, 0.3) is 16.3 Å². The molecule has 0 bridgehead atoms. The molecule has 3 amide bonds. The summed E-state index contributed by atoms with van der Waals surface area (Å²) in [4.78, 5) is 45.0. The van der Waals surface area contributed by atoms with E-state index in [-0.39, 0.29) is 16.9 Å². The minimum absolute atomic E-state index is 0.0445. The van der Waals surface area contributed by atoms with Crippen LogP contribution in [-0.4, -0.2) is 35.1 Å². The molecule has 0 saturated heterocycles. The zero-order valence-corrected chi connectivity index (χ0v) is 25.7. The lowest BCUT2D eigenvalue weighted by molar-refractivity contribution is -0.116. The van der Waals surface area contributed by atoms with Crippen LogP contribution in [0.5, 0.6) is 5.75 Å². The maximum atomic E-state index is 13.5. The molecule has 5 rings (SSSR count). The molecule has 0 radical (unpaired) electrons. The largest absolute Gasteiger partial charge is 0.496 e. The standard InChI is InChI=1S/C34H30N4O4S2/c1-3-29(33(41)38-34-37-26-17-8-10-19-30(26)44-34)43-25-16-11-15-24(21-25)35-32(40)27(20-23-14-7-9-18-28(23)42-2)36-31(39)22-12-5-4-6-13-22/h4-21,29H,3H2,1-2H3,(H,35,40)(H,36,39)(H,37,38,41)/b27-20+. The van der Waals surface area contributed by atoms with Crippen LogP contribution in [0.2, 0.25) is 0 Å². The maximum Gasteiger partial charge on any atom is 0.272 e. The summed E-state index contributed by atoms with van der Waals surface area (Å²) >= 11 is 2.83. The Balaban J connectivity index is 1.32. The highest BCUT2D eigenvalue weighted by molar-refractivity contribution is 8.00. The zero-order valence-electron chi connectivity index (χ0n) is 24.1. The summed E-state index contributed by atoms with van der Waals surface area (Å²) < 4.78 is 6.45. The Morgan fingerprint density at radius 2 is 1.66 bits per heavy atom. The highest BCUT2D eigenvalue weighted by atomic mass is 32.2. The van der Waals surface area contributed by atoms with Crippen LogP contribution in [0.3, 0.4) is 0 Å². The third-order valence-electron chi connectivity index (χ3n) is 6.53. The van der Waals surface area contributed by atoms with Crippen LogP contribution in [0.1, 0.15) is 29.3 Å². The lowest BCUT2D eigenvalue weighted by atomic mass is 10.1. The maximum absolute atomic E-state index is 13.5. The van der Waals surface area contributed by atoms with Gasteiger partial charge in [-0.1, -0.05) is 72.9 Å². The highest BCUT2D eigenvalue weighted by Gasteiger charge is 2.21. The summed E-state index contributed by atoms with van der Waals surface area (Å²) in [5.74, 6) is -0.518. The van der Waals surface area contributed by atoms with Crippen molar-refractivity contribution in [3.63, 3.8) is 0 Å². The normalized spacial score (nSPS) is 11.9. The zero-order chi connectivity index (χ0) is 30.9. The summed E-state index contributed by atoms with van der Waals surface area (Å²) in [6.45, 7) is 1.95. The lowest BCUT2D eigenvalue weighted by Gasteiger charge is -2.15. The molecule has 1 atom stereocenters. The molecule has 44 heavy (non-hydrogen) atoms. The van der Waals surface area contributed by atoms with Gasteiger partial charge in [-0.05, 0) is 61.0 Å². The molecule has 10 heteroatoms. The number of amides is 3. The summed E-state index contributed by atoms with van der Waals surface area (Å²) in [6, 6.07) is 30.9. The minimum Gasteiger partial charge on any atom is -0.496 e. The molecule has 1 aromatic heterocycles. The number of hydrogen-bond donors (Lipinski definition) is 3. The lowest BCUT2D eigenvalue weighted by Crippen LogP contribution is -2.30. The quantitative estimate of drug-likeness (QED) is 0.106. The van der Waals surface area contributed by atoms with Gasteiger partial charge in [0.2, 0.25) is 5.91 Å². The SMILES string of the molecule is CCC(Sc1cccc(NC(=O)/C(=C\c2ccccc2OC)NC(=O)c2ccccc2)c1)C(=O)Nc1nc2ccccc2s1. The van der Waals surface area contributed by atoms with Crippen molar-refractivity contribution in [2.45, 2.75) is 23.5 Å². The van der Waals surface area contributed by atoms with Gasteiger partial charge in [0.05, 0.1) is 22.6 Å². The van der Waals surface area contributed by atoms with Crippen molar-refractivity contribution < 1.29 is 19.1 Å². The van der Waals surface area contributed by atoms with E-state index in [1.807, 2.05) is 61.5 Å². The Bertz CT molecular complexity index is 1790. The Labute approximate surface area is 263 Å². The van der Waals surface area contributed by atoms with Crippen LogP contribution in [0.4, 0.5) is 10.8 Å². The van der Waals surface area contributed by atoms with Gasteiger partial charge in [0.1, 0.15) is 11.4 Å². The van der Waals surface area contributed by atoms with Crippen LogP contribution < -0.4 is 20.7 Å². The van der Waals surface area contributed by atoms with Crippen LogP contribution in [0, 0.1) is 0 Å². The molecule has 0 spiro atoms. The molecule has 0 aliphatic rings. The fourth-order valence-electron chi connectivity index (χ4n) is 4.33. The van der Waals surface area contributed by atoms with Crippen molar-refractivity contribution in [2.75, 3.05) is 17.7 Å². The second-order valence-electron chi connectivity index (χ2n) is 9.59. The number of benzene rings is 4. The smallest absolute Gasteiger partial charge is 0.272 e. The molecule has 8 nitrogen and oxygen atoms in total. The van der Waals surface area contributed by atoms with Crippen molar-refractivity contribution in [3.05, 3.63) is 120 Å². The Morgan fingerprint density at radius 1 is 0.909 bits per heavy atom. The van der Waals surface area contributed by atoms with Crippen molar-refractivity contribution >= 4 is 67.9 Å². The van der Waals surface area contributed by atoms with E-state index in [4.69, 9.17) is 4.74 Å². The fraction of sp³-hybridized carbons (Fsp3) is 0.118. The van der Waals surface area contributed by atoms with Gasteiger partial charge in [0.25, 0.3) is 11.8 Å². The van der Waals surface area contributed by atoms with E-state index in [1.165, 1.54) is 23.1 Å². The second-order valence-corrected chi connectivity index (χ2v) is 11.9. The molecular weight excluding hydrogens is 593 g/mol.